The summed E-state index contributed by atoms with van der Waals surface area (Å²) in [5, 5.41) is 9.67. The fraction of sp³-hybridized carbons (Fsp3) is 0.500. The molecule has 1 unspecified atom stereocenters. The first-order valence-electron chi connectivity index (χ1n) is 8.11. The molecular formula is C16H13F7N4O. The number of aromatic nitrogens is 3. The minimum atomic E-state index is -5.05. The molecule has 28 heavy (non-hydrogen) atoms. The van der Waals surface area contributed by atoms with Crippen LogP contribution in [0.1, 0.15) is 36.8 Å². The molecule has 0 aromatic carbocycles. The van der Waals surface area contributed by atoms with Gasteiger partial charge in [-0.1, -0.05) is 0 Å². The molecule has 0 radical (unpaired) electrons. The van der Waals surface area contributed by atoms with Crippen LogP contribution in [-0.4, -0.2) is 31.5 Å². The van der Waals surface area contributed by atoms with Crippen molar-refractivity contribution in [3.63, 3.8) is 0 Å². The van der Waals surface area contributed by atoms with Gasteiger partial charge >= 0.3 is 12.4 Å². The van der Waals surface area contributed by atoms with E-state index in [0.29, 0.717) is 6.07 Å². The molecule has 152 valence electrons. The van der Waals surface area contributed by atoms with Gasteiger partial charge in [-0.3, -0.25) is 0 Å². The van der Waals surface area contributed by atoms with Crippen LogP contribution in [0.2, 0.25) is 0 Å². The number of alkyl halides is 7. The van der Waals surface area contributed by atoms with E-state index >= 15 is 0 Å². The maximum Gasteiger partial charge on any atom is 0.421 e. The molecule has 12 heteroatoms. The number of hydrogen-bond donors (Lipinski definition) is 2. The number of pyridine rings is 1. The third-order valence-corrected chi connectivity index (χ3v) is 5.26. The monoisotopic (exact) mass is 410 g/mol. The Morgan fingerprint density at radius 2 is 1.75 bits per heavy atom. The van der Waals surface area contributed by atoms with Crippen molar-refractivity contribution in [2.24, 2.45) is 0 Å². The number of halogens is 7. The maximum atomic E-state index is 13.9. The van der Waals surface area contributed by atoms with Crippen LogP contribution in [0.5, 0.6) is 0 Å². The summed E-state index contributed by atoms with van der Waals surface area (Å²) in [5.41, 5.74) is 1.08. The van der Waals surface area contributed by atoms with Gasteiger partial charge in [-0.05, 0) is 6.07 Å². The van der Waals surface area contributed by atoms with E-state index in [0.717, 1.165) is 17.0 Å². The number of hydrogen-bond acceptors (Lipinski definition) is 4. The molecule has 1 atom stereocenters. The van der Waals surface area contributed by atoms with Crippen LogP contribution in [-0.2, 0) is 11.7 Å². The largest absolute Gasteiger partial charge is 0.421 e. The van der Waals surface area contributed by atoms with Crippen LogP contribution in [0.3, 0.4) is 0 Å². The van der Waals surface area contributed by atoms with Crippen LogP contribution < -0.4 is 5.73 Å². The number of aliphatic hydroxyl groups excluding tert-OH is 1. The van der Waals surface area contributed by atoms with E-state index in [1.807, 2.05) is 0 Å². The van der Waals surface area contributed by atoms with Crippen LogP contribution in [0.15, 0.2) is 18.5 Å². The Labute approximate surface area is 153 Å². The number of nitrogen functional groups attached to an aromatic ring is 1. The summed E-state index contributed by atoms with van der Waals surface area (Å²) in [5.74, 6) is -1.58. The van der Waals surface area contributed by atoms with Gasteiger partial charge in [0.15, 0.2) is 0 Å². The Hall–Kier alpha value is -2.37. The topological polar surface area (TPSA) is 77.0 Å². The lowest BCUT2D eigenvalue weighted by atomic mass is 9.47. The minimum Gasteiger partial charge on any atom is -0.383 e. The Balaban J connectivity index is 1.81. The second-order valence-electron chi connectivity index (χ2n) is 7.36. The zero-order chi connectivity index (χ0) is 20.7. The fourth-order valence-corrected chi connectivity index (χ4v) is 3.96. The van der Waals surface area contributed by atoms with E-state index in [-0.39, 0.29) is 30.5 Å². The van der Waals surface area contributed by atoms with Crippen molar-refractivity contribution in [1.82, 2.24) is 14.5 Å². The molecule has 2 aromatic heterocycles. The maximum absolute atomic E-state index is 13.9. The quantitative estimate of drug-likeness (QED) is 0.756. The van der Waals surface area contributed by atoms with Gasteiger partial charge in [-0.2, -0.15) is 26.3 Å². The van der Waals surface area contributed by atoms with Crippen LogP contribution in [0.25, 0.3) is 11.3 Å². The van der Waals surface area contributed by atoms with Gasteiger partial charge in [0, 0.05) is 37.2 Å². The standard InChI is InChI=1S/C16H13F7N4O/c17-13-4-14(5-13,6-13)27-3-9(26-12(27)10(28)16(21,22)23)7-1-8(15(18,19)20)11(24)25-2-7/h1-3,10,28H,4-6H2,(H2,24,25). The van der Waals surface area contributed by atoms with Crippen molar-refractivity contribution in [3.8, 4) is 11.3 Å². The molecule has 5 nitrogen and oxygen atoms in total. The predicted molar refractivity (Wildman–Crippen MR) is 81.6 cm³/mol. The highest BCUT2D eigenvalue weighted by Gasteiger charge is 2.71. The lowest BCUT2D eigenvalue weighted by Crippen LogP contribution is -2.70. The predicted octanol–water partition coefficient (Wildman–Crippen LogP) is 3.74. The summed E-state index contributed by atoms with van der Waals surface area (Å²) in [6, 6.07) is 0.622. The molecule has 3 aliphatic carbocycles. The molecule has 0 aliphatic heterocycles. The first kappa shape index (κ1) is 19.0. The summed E-state index contributed by atoms with van der Waals surface area (Å²) in [6.45, 7) is 0. The average molecular weight is 410 g/mol. The van der Waals surface area contributed by atoms with Gasteiger partial charge in [0.2, 0.25) is 6.10 Å². The number of anilines is 1. The molecule has 2 aromatic rings. The van der Waals surface area contributed by atoms with Crippen molar-refractivity contribution in [2.45, 2.75) is 48.9 Å². The van der Waals surface area contributed by atoms with Crippen molar-refractivity contribution < 1.29 is 35.8 Å². The third kappa shape index (κ3) is 2.73. The number of nitrogens with two attached hydrogens (primary N) is 1. The van der Waals surface area contributed by atoms with Crippen molar-refractivity contribution in [3.05, 3.63) is 29.8 Å². The number of nitrogens with zero attached hydrogens (tertiary/aromatic N) is 3. The summed E-state index contributed by atoms with van der Waals surface area (Å²) in [7, 11) is 0. The summed E-state index contributed by atoms with van der Waals surface area (Å²) in [4.78, 5) is 7.15. The van der Waals surface area contributed by atoms with E-state index in [4.69, 9.17) is 5.73 Å². The van der Waals surface area contributed by atoms with Gasteiger partial charge in [-0.25, -0.2) is 14.4 Å². The van der Waals surface area contributed by atoms with E-state index in [1.54, 1.807) is 0 Å². The highest BCUT2D eigenvalue weighted by Crippen LogP contribution is 2.68. The molecule has 0 saturated heterocycles. The van der Waals surface area contributed by atoms with Crippen LogP contribution >= 0.6 is 0 Å². The van der Waals surface area contributed by atoms with Gasteiger partial charge in [0.25, 0.3) is 0 Å². The lowest BCUT2D eigenvalue weighted by Gasteiger charge is -2.66. The molecule has 0 spiro atoms. The zero-order valence-electron chi connectivity index (χ0n) is 13.9. The fourth-order valence-electron chi connectivity index (χ4n) is 3.96. The summed E-state index contributed by atoms with van der Waals surface area (Å²) < 4.78 is 93.1. The highest BCUT2D eigenvalue weighted by molar-refractivity contribution is 5.62. The molecule has 0 amide bonds. The van der Waals surface area contributed by atoms with Crippen LogP contribution in [0, 0.1) is 0 Å². The molecule has 3 saturated carbocycles. The number of aliphatic hydroxyl groups is 1. The SMILES string of the molecule is Nc1ncc(-c2cn(C34CC(F)(C3)C4)c(C(O)C(F)(F)F)n2)cc1C(F)(F)F. The molecule has 3 N–H and O–H groups in total. The van der Waals surface area contributed by atoms with Gasteiger partial charge in [0.1, 0.15) is 17.3 Å². The zero-order valence-corrected chi connectivity index (χ0v) is 13.9. The van der Waals surface area contributed by atoms with Crippen molar-refractivity contribution in [2.75, 3.05) is 5.73 Å². The molecule has 2 heterocycles. The van der Waals surface area contributed by atoms with E-state index in [9.17, 15) is 35.8 Å². The first-order valence-corrected chi connectivity index (χ1v) is 8.11. The normalized spacial score (nSPS) is 27.9. The van der Waals surface area contributed by atoms with Crippen molar-refractivity contribution in [1.29, 1.82) is 0 Å². The van der Waals surface area contributed by atoms with Gasteiger partial charge in [0.05, 0.1) is 16.8 Å². The third-order valence-electron chi connectivity index (χ3n) is 5.26. The Kier molecular flexibility index (Phi) is 3.63. The minimum absolute atomic E-state index is 0.0405. The van der Waals surface area contributed by atoms with Crippen LogP contribution in [0.4, 0.5) is 36.6 Å². The van der Waals surface area contributed by atoms with E-state index in [1.165, 1.54) is 0 Å². The number of rotatable bonds is 3. The number of imidazole rings is 1. The van der Waals surface area contributed by atoms with Crippen molar-refractivity contribution >= 4 is 5.82 Å². The lowest BCUT2D eigenvalue weighted by molar-refractivity contribution is -0.222. The molecular weight excluding hydrogens is 397 g/mol. The highest BCUT2D eigenvalue weighted by atomic mass is 19.4. The Morgan fingerprint density at radius 1 is 1.14 bits per heavy atom. The summed E-state index contributed by atoms with van der Waals surface area (Å²) >= 11 is 0. The molecule has 3 aliphatic rings. The second-order valence-corrected chi connectivity index (χ2v) is 7.36. The first-order chi connectivity index (χ1) is 12.7. The molecule has 5 rings (SSSR count). The second kappa shape index (κ2) is 5.37. The van der Waals surface area contributed by atoms with E-state index < -0.39 is 46.9 Å². The summed E-state index contributed by atoms with van der Waals surface area (Å²) in [6.07, 6.45) is -10.9. The molecule has 2 bridgehead atoms. The Morgan fingerprint density at radius 3 is 2.25 bits per heavy atom. The average Bonchev–Trinajstić information content (AvgIpc) is 2.93. The Bertz CT molecular complexity index is 930. The van der Waals surface area contributed by atoms with E-state index in [2.05, 4.69) is 9.97 Å². The smallest absolute Gasteiger partial charge is 0.383 e. The molecule has 3 fully saturated rings. The van der Waals surface area contributed by atoms with Gasteiger partial charge < -0.3 is 15.4 Å². The van der Waals surface area contributed by atoms with Gasteiger partial charge in [-0.15, -0.1) is 0 Å².